The highest BCUT2D eigenvalue weighted by Gasteiger charge is 2.16. The van der Waals surface area contributed by atoms with E-state index in [-0.39, 0.29) is 0 Å². The van der Waals surface area contributed by atoms with Gasteiger partial charge in [-0.3, -0.25) is 4.79 Å². The number of ether oxygens (including phenoxy) is 1. The van der Waals surface area contributed by atoms with Crippen molar-refractivity contribution in [3.05, 3.63) is 111 Å². The minimum absolute atomic E-state index is 0.382. The zero-order valence-corrected chi connectivity index (χ0v) is 20.6. The number of hydrazone groups is 1. The third-order valence-corrected chi connectivity index (χ3v) is 6.04. The van der Waals surface area contributed by atoms with Crippen molar-refractivity contribution < 1.29 is 14.6 Å². The first kappa shape index (κ1) is 23.2. The van der Waals surface area contributed by atoms with Crippen LogP contribution in [0.15, 0.2) is 99.0 Å². The van der Waals surface area contributed by atoms with Gasteiger partial charge in [0.15, 0.2) is 6.10 Å². The van der Waals surface area contributed by atoms with Gasteiger partial charge in [-0.2, -0.15) is 5.10 Å². The molecule has 0 aliphatic carbocycles. The molecule has 0 aliphatic heterocycles. The molecule has 0 aromatic heterocycles. The molecule has 166 valence electrons. The molecule has 0 unspecified atom stereocenters. The van der Waals surface area contributed by atoms with Gasteiger partial charge in [-0.15, -0.1) is 0 Å². The number of aliphatic hydroxyl groups is 1. The average Bonchev–Trinajstić information content (AvgIpc) is 2.83. The number of hydrogen-bond acceptors (Lipinski definition) is 4. The zero-order chi connectivity index (χ0) is 23.2. The normalized spacial score (nSPS) is 12.1. The molecule has 33 heavy (non-hydrogen) atoms. The molecule has 0 saturated carbocycles. The number of nitrogens with zero attached hydrogens (tertiary/aromatic N) is 1. The van der Waals surface area contributed by atoms with Gasteiger partial charge in [0.1, 0.15) is 12.4 Å². The number of fused-ring (bicyclic) bond motifs is 1. The van der Waals surface area contributed by atoms with E-state index in [0.29, 0.717) is 17.9 Å². The van der Waals surface area contributed by atoms with Crippen LogP contribution in [0.25, 0.3) is 10.8 Å². The fraction of sp³-hybridized carbons (Fsp3) is 0.0769. The lowest BCUT2D eigenvalue weighted by molar-refractivity contribution is -0.129. The van der Waals surface area contributed by atoms with Crippen LogP contribution < -0.4 is 10.2 Å². The van der Waals surface area contributed by atoms with Crippen LogP contribution in [0.4, 0.5) is 0 Å². The van der Waals surface area contributed by atoms with Gasteiger partial charge in [-0.25, -0.2) is 5.43 Å². The topological polar surface area (TPSA) is 70.9 Å². The van der Waals surface area contributed by atoms with Crippen molar-refractivity contribution in [2.75, 3.05) is 0 Å². The summed E-state index contributed by atoms with van der Waals surface area (Å²) in [5.74, 6) is 0.0190. The van der Waals surface area contributed by atoms with Crippen molar-refractivity contribution >= 4 is 54.8 Å². The monoisotopic (exact) mass is 566 g/mol. The van der Waals surface area contributed by atoms with Gasteiger partial charge in [0.25, 0.3) is 5.91 Å². The van der Waals surface area contributed by atoms with Crippen molar-refractivity contribution in [1.29, 1.82) is 0 Å². The van der Waals surface area contributed by atoms with E-state index in [1.54, 1.807) is 30.5 Å². The highest BCUT2D eigenvalue weighted by molar-refractivity contribution is 9.10. The predicted octanol–water partition coefficient (Wildman–Crippen LogP) is 6.13. The second kappa shape index (κ2) is 10.7. The standard InChI is InChI=1S/C26H20Br2N2O3/c27-20-11-8-19(9-12-20)25(31)26(32)30-29-15-23-22-7-2-1-5-18(22)10-13-24(23)33-16-17-4-3-6-21(28)14-17/h1-15,25,31H,16H2,(H,30,32)/b29-15-/t25-/m0/s1. The number of benzene rings is 4. The Balaban J connectivity index is 1.54. The van der Waals surface area contributed by atoms with Crippen LogP contribution in [0.2, 0.25) is 0 Å². The molecule has 1 amide bonds. The Bertz CT molecular complexity index is 1310. The van der Waals surface area contributed by atoms with Gasteiger partial charge in [0, 0.05) is 14.5 Å². The van der Waals surface area contributed by atoms with Crippen LogP contribution in [-0.4, -0.2) is 17.2 Å². The van der Waals surface area contributed by atoms with E-state index in [1.165, 1.54) is 0 Å². The summed E-state index contributed by atoms with van der Waals surface area (Å²) < 4.78 is 7.94. The molecule has 4 aromatic carbocycles. The Morgan fingerprint density at radius 1 is 0.970 bits per heavy atom. The molecule has 5 nitrogen and oxygen atoms in total. The minimum atomic E-state index is -1.32. The lowest BCUT2D eigenvalue weighted by Gasteiger charge is -2.12. The number of halogens is 2. The lowest BCUT2D eigenvalue weighted by atomic mass is 10.0. The molecule has 0 bridgehead atoms. The van der Waals surface area contributed by atoms with E-state index in [1.807, 2.05) is 60.7 Å². The smallest absolute Gasteiger partial charge is 0.273 e. The fourth-order valence-corrected chi connectivity index (χ4v) is 4.05. The molecule has 0 spiro atoms. The summed E-state index contributed by atoms with van der Waals surface area (Å²) in [6, 6.07) is 26.5. The minimum Gasteiger partial charge on any atom is -0.488 e. The van der Waals surface area contributed by atoms with Crippen LogP contribution in [0, 0.1) is 0 Å². The van der Waals surface area contributed by atoms with Gasteiger partial charge < -0.3 is 9.84 Å². The van der Waals surface area contributed by atoms with Gasteiger partial charge in [-0.05, 0) is 52.2 Å². The second-order valence-corrected chi connectivity index (χ2v) is 9.14. The van der Waals surface area contributed by atoms with Crippen LogP contribution in [-0.2, 0) is 11.4 Å². The Morgan fingerprint density at radius 3 is 2.55 bits per heavy atom. The van der Waals surface area contributed by atoms with E-state index < -0.39 is 12.0 Å². The number of nitrogens with one attached hydrogen (secondary N) is 1. The van der Waals surface area contributed by atoms with Crippen LogP contribution in [0.1, 0.15) is 22.8 Å². The Morgan fingerprint density at radius 2 is 1.76 bits per heavy atom. The fourth-order valence-electron chi connectivity index (χ4n) is 3.34. The largest absolute Gasteiger partial charge is 0.488 e. The molecule has 0 radical (unpaired) electrons. The molecule has 0 fully saturated rings. The summed E-state index contributed by atoms with van der Waals surface area (Å²) in [5.41, 5.74) is 4.66. The summed E-state index contributed by atoms with van der Waals surface area (Å²) in [6.07, 6.45) is 0.222. The van der Waals surface area contributed by atoms with Gasteiger partial charge in [0.2, 0.25) is 0 Å². The molecule has 0 saturated heterocycles. The molecule has 0 aliphatic rings. The second-order valence-electron chi connectivity index (χ2n) is 7.31. The van der Waals surface area contributed by atoms with E-state index in [9.17, 15) is 9.90 Å². The number of amides is 1. The first-order valence-corrected chi connectivity index (χ1v) is 11.8. The van der Waals surface area contributed by atoms with Crippen LogP contribution in [0.5, 0.6) is 5.75 Å². The number of aliphatic hydroxyl groups excluding tert-OH is 1. The SMILES string of the molecule is O=C(N/N=C\c1c(OCc2cccc(Br)c2)ccc2ccccc12)[C@@H](O)c1ccc(Br)cc1. The summed E-state index contributed by atoms with van der Waals surface area (Å²) in [4.78, 5) is 12.4. The van der Waals surface area contributed by atoms with Crippen molar-refractivity contribution in [3.63, 3.8) is 0 Å². The number of hydrogen-bond donors (Lipinski definition) is 2. The van der Waals surface area contributed by atoms with Crippen molar-refractivity contribution in [2.24, 2.45) is 5.10 Å². The molecule has 2 N–H and O–H groups in total. The van der Waals surface area contributed by atoms with E-state index in [0.717, 1.165) is 30.8 Å². The molecular formula is C26H20Br2N2O3. The average molecular weight is 568 g/mol. The van der Waals surface area contributed by atoms with Gasteiger partial charge in [-0.1, -0.05) is 86.5 Å². The maximum absolute atomic E-state index is 12.4. The maximum atomic E-state index is 12.4. The number of rotatable bonds is 7. The molecule has 4 rings (SSSR count). The van der Waals surface area contributed by atoms with E-state index in [4.69, 9.17) is 4.74 Å². The molecular weight excluding hydrogens is 548 g/mol. The van der Waals surface area contributed by atoms with Crippen molar-refractivity contribution in [2.45, 2.75) is 12.7 Å². The maximum Gasteiger partial charge on any atom is 0.273 e. The van der Waals surface area contributed by atoms with Crippen molar-refractivity contribution in [1.82, 2.24) is 5.43 Å². The van der Waals surface area contributed by atoms with Gasteiger partial charge >= 0.3 is 0 Å². The third-order valence-electron chi connectivity index (χ3n) is 5.02. The highest BCUT2D eigenvalue weighted by atomic mass is 79.9. The summed E-state index contributed by atoms with van der Waals surface area (Å²) in [6.45, 7) is 0.382. The molecule has 4 aromatic rings. The van der Waals surface area contributed by atoms with Crippen LogP contribution in [0.3, 0.4) is 0 Å². The highest BCUT2D eigenvalue weighted by Crippen LogP contribution is 2.28. The quantitative estimate of drug-likeness (QED) is 0.208. The lowest BCUT2D eigenvalue weighted by Crippen LogP contribution is -2.25. The molecule has 0 heterocycles. The summed E-state index contributed by atoms with van der Waals surface area (Å²) >= 11 is 6.81. The molecule has 7 heteroatoms. The predicted molar refractivity (Wildman–Crippen MR) is 137 cm³/mol. The summed E-state index contributed by atoms with van der Waals surface area (Å²) in [7, 11) is 0. The van der Waals surface area contributed by atoms with E-state index >= 15 is 0 Å². The molecule has 1 atom stereocenters. The first-order valence-electron chi connectivity index (χ1n) is 10.2. The Kier molecular flexibility index (Phi) is 7.54. The zero-order valence-electron chi connectivity index (χ0n) is 17.4. The van der Waals surface area contributed by atoms with Gasteiger partial charge in [0.05, 0.1) is 6.21 Å². The third kappa shape index (κ3) is 5.87. The number of carbonyl (C=O) groups excluding carboxylic acids is 1. The summed E-state index contributed by atoms with van der Waals surface area (Å²) in [5, 5.41) is 16.4. The Hall–Kier alpha value is -3.00. The first-order chi connectivity index (χ1) is 16.0. The Labute approximate surface area is 208 Å². The van der Waals surface area contributed by atoms with Crippen molar-refractivity contribution in [3.8, 4) is 5.75 Å². The van der Waals surface area contributed by atoms with Crippen LogP contribution >= 0.6 is 31.9 Å². The van der Waals surface area contributed by atoms with E-state index in [2.05, 4.69) is 42.4 Å². The number of carbonyl (C=O) groups is 1.